The highest BCUT2D eigenvalue weighted by atomic mass is 16.3. The second kappa shape index (κ2) is 11.4. The summed E-state index contributed by atoms with van der Waals surface area (Å²) >= 11 is 0. The van der Waals surface area contributed by atoms with E-state index in [0.29, 0.717) is 17.5 Å². The number of hydrogen-bond acceptors (Lipinski definition) is 5. The molecule has 234 valence electrons. The number of furan rings is 2. The van der Waals surface area contributed by atoms with Crippen molar-refractivity contribution in [2.45, 2.75) is 0 Å². The first-order chi connectivity index (χ1) is 24.8. The van der Waals surface area contributed by atoms with Crippen LogP contribution >= 0.6 is 0 Å². The van der Waals surface area contributed by atoms with Crippen molar-refractivity contribution < 1.29 is 8.83 Å². The summed E-state index contributed by atoms with van der Waals surface area (Å²) in [6.45, 7) is 0. The molecule has 0 aliphatic heterocycles. The van der Waals surface area contributed by atoms with Gasteiger partial charge in [-0.3, -0.25) is 0 Å². The first-order valence-corrected chi connectivity index (χ1v) is 16.6. The highest BCUT2D eigenvalue weighted by Gasteiger charge is 2.20. The normalized spacial score (nSPS) is 11.6. The highest BCUT2D eigenvalue weighted by molar-refractivity contribution is 6.09. The van der Waals surface area contributed by atoms with Gasteiger partial charge in [-0.05, 0) is 52.6 Å². The van der Waals surface area contributed by atoms with Crippen molar-refractivity contribution in [2.75, 3.05) is 0 Å². The van der Waals surface area contributed by atoms with Crippen LogP contribution in [0.5, 0.6) is 0 Å². The van der Waals surface area contributed by atoms with E-state index in [2.05, 4.69) is 97.1 Å². The van der Waals surface area contributed by atoms with Gasteiger partial charge in [0.1, 0.15) is 22.3 Å². The molecular formula is C45H27N3O2. The smallest absolute Gasteiger partial charge is 0.167 e. The Morgan fingerprint density at radius 3 is 1.60 bits per heavy atom. The maximum absolute atomic E-state index is 6.46. The molecule has 0 saturated heterocycles. The average molecular weight is 642 g/mol. The summed E-state index contributed by atoms with van der Waals surface area (Å²) in [7, 11) is 0. The summed E-state index contributed by atoms with van der Waals surface area (Å²) in [6.07, 6.45) is 0. The predicted molar refractivity (Wildman–Crippen MR) is 202 cm³/mol. The molecule has 0 fully saturated rings. The van der Waals surface area contributed by atoms with Crippen LogP contribution in [-0.4, -0.2) is 15.0 Å². The Bertz CT molecular complexity index is 2890. The van der Waals surface area contributed by atoms with Crippen LogP contribution in [-0.2, 0) is 0 Å². The van der Waals surface area contributed by atoms with Crippen LogP contribution in [0.4, 0.5) is 0 Å². The van der Waals surface area contributed by atoms with Crippen molar-refractivity contribution in [1.82, 2.24) is 15.0 Å². The van der Waals surface area contributed by atoms with E-state index in [-0.39, 0.29) is 0 Å². The Balaban J connectivity index is 1.22. The van der Waals surface area contributed by atoms with Crippen molar-refractivity contribution in [3.8, 4) is 56.4 Å². The van der Waals surface area contributed by atoms with E-state index in [9.17, 15) is 0 Å². The summed E-state index contributed by atoms with van der Waals surface area (Å²) in [5.74, 6) is 1.65. The molecule has 0 saturated carbocycles. The number of benzene rings is 7. The van der Waals surface area contributed by atoms with E-state index in [1.807, 2.05) is 66.7 Å². The minimum Gasteiger partial charge on any atom is -0.456 e. The van der Waals surface area contributed by atoms with Crippen LogP contribution in [0.25, 0.3) is 100 Å². The van der Waals surface area contributed by atoms with Crippen LogP contribution in [0, 0.1) is 0 Å². The van der Waals surface area contributed by atoms with E-state index < -0.39 is 0 Å². The number of para-hydroxylation sites is 3. The minimum atomic E-state index is 0.533. The summed E-state index contributed by atoms with van der Waals surface area (Å²) in [5, 5.41) is 4.20. The largest absolute Gasteiger partial charge is 0.456 e. The molecule has 0 aliphatic carbocycles. The van der Waals surface area contributed by atoms with Crippen molar-refractivity contribution in [2.24, 2.45) is 0 Å². The van der Waals surface area contributed by atoms with E-state index in [1.54, 1.807) is 0 Å². The van der Waals surface area contributed by atoms with Crippen LogP contribution in [0.2, 0.25) is 0 Å². The molecule has 5 nitrogen and oxygen atoms in total. The lowest BCUT2D eigenvalue weighted by molar-refractivity contribution is 0.668. The van der Waals surface area contributed by atoms with Gasteiger partial charge in [-0.15, -0.1) is 0 Å². The zero-order valence-corrected chi connectivity index (χ0v) is 26.7. The standard InChI is InChI=1S/C45H27N3O2/c1-2-13-28(14-3-1)30-15-4-5-16-31(30)32-17-6-7-20-37(32)44-46-43(29-25-26-35-33-18-8-10-23-39(33)49-41(35)27-29)47-45(48-44)38-22-12-21-36-34-19-9-11-24-40(34)50-42(36)38/h1-27H. The average Bonchev–Trinajstić information content (AvgIpc) is 3.76. The molecule has 0 spiro atoms. The van der Waals surface area contributed by atoms with E-state index in [0.717, 1.165) is 82.8 Å². The molecule has 0 N–H and O–H groups in total. The Morgan fingerprint density at radius 2 is 0.820 bits per heavy atom. The van der Waals surface area contributed by atoms with Gasteiger partial charge in [0.25, 0.3) is 0 Å². The van der Waals surface area contributed by atoms with Crippen LogP contribution in [0.3, 0.4) is 0 Å². The fraction of sp³-hybridized carbons (Fsp3) is 0. The van der Waals surface area contributed by atoms with Gasteiger partial charge in [0, 0.05) is 32.7 Å². The molecule has 0 atom stereocenters. The monoisotopic (exact) mass is 641 g/mol. The van der Waals surface area contributed by atoms with Crippen molar-refractivity contribution in [3.05, 3.63) is 164 Å². The van der Waals surface area contributed by atoms with Gasteiger partial charge in [0.2, 0.25) is 0 Å². The Labute approximate surface area is 287 Å². The lowest BCUT2D eigenvalue weighted by Gasteiger charge is -2.15. The maximum Gasteiger partial charge on any atom is 0.167 e. The van der Waals surface area contributed by atoms with Gasteiger partial charge >= 0.3 is 0 Å². The third-order valence-electron chi connectivity index (χ3n) is 9.39. The maximum atomic E-state index is 6.46. The second-order valence-electron chi connectivity index (χ2n) is 12.4. The van der Waals surface area contributed by atoms with Gasteiger partial charge in [-0.25, -0.2) is 15.0 Å². The Kier molecular flexibility index (Phi) is 6.42. The second-order valence-corrected chi connectivity index (χ2v) is 12.4. The molecule has 0 bridgehead atoms. The molecule has 3 heterocycles. The molecule has 0 aliphatic rings. The highest BCUT2D eigenvalue weighted by Crippen LogP contribution is 2.40. The first kappa shape index (κ1) is 28.2. The Hall–Kier alpha value is -6.85. The quantitative estimate of drug-likeness (QED) is 0.187. The molecule has 3 aromatic heterocycles. The molecule has 10 aromatic rings. The predicted octanol–water partition coefficient (Wildman–Crippen LogP) is 12.0. The molecule has 0 radical (unpaired) electrons. The first-order valence-electron chi connectivity index (χ1n) is 16.6. The third-order valence-corrected chi connectivity index (χ3v) is 9.39. The zero-order valence-electron chi connectivity index (χ0n) is 26.7. The van der Waals surface area contributed by atoms with Crippen molar-refractivity contribution in [3.63, 3.8) is 0 Å². The summed E-state index contributed by atoms with van der Waals surface area (Å²) in [6, 6.07) is 55.8. The van der Waals surface area contributed by atoms with Crippen LogP contribution in [0.15, 0.2) is 173 Å². The molecule has 5 heteroatoms. The number of rotatable bonds is 5. The van der Waals surface area contributed by atoms with E-state index in [1.165, 1.54) is 0 Å². The summed E-state index contributed by atoms with van der Waals surface area (Å²) < 4.78 is 12.7. The van der Waals surface area contributed by atoms with Gasteiger partial charge in [-0.2, -0.15) is 0 Å². The number of aromatic nitrogens is 3. The fourth-order valence-electron chi connectivity index (χ4n) is 7.03. The lowest BCUT2D eigenvalue weighted by Crippen LogP contribution is -2.01. The van der Waals surface area contributed by atoms with Crippen LogP contribution < -0.4 is 0 Å². The number of hydrogen-bond donors (Lipinski definition) is 0. The van der Waals surface area contributed by atoms with Gasteiger partial charge in [0.05, 0.1) is 5.56 Å². The van der Waals surface area contributed by atoms with E-state index in [4.69, 9.17) is 23.8 Å². The van der Waals surface area contributed by atoms with Crippen LogP contribution in [0.1, 0.15) is 0 Å². The Morgan fingerprint density at radius 1 is 0.300 bits per heavy atom. The molecule has 50 heavy (non-hydrogen) atoms. The van der Waals surface area contributed by atoms with Gasteiger partial charge in [-0.1, -0.05) is 133 Å². The molecule has 0 unspecified atom stereocenters. The van der Waals surface area contributed by atoms with Crippen molar-refractivity contribution >= 4 is 43.9 Å². The molecular weight excluding hydrogens is 615 g/mol. The molecule has 10 rings (SSSR count). The minimum absolute atomic E-state index is 0.533. The zero-order chi connectivity index (χ0) is 33.0. The van der Waals surface area contributed by atoms with Gasteiger partial charge < -0.3 is 8.83 Å². The van der Waals surface area contributed by atoms with E-state index >= 15 is 0 Å². The third kappa shape index (κ3) is 4.60. The lowest BCUT2D eigenvalue weighted by atomic mass is 9.91. The van der Waals surface area contributed by atoms with Crippen molar-refractivity contribution in [1.29, 1.82) is 0 Å². The summed E-state index contributed by atoms with van der Waals surface area (Å²) in [5.41, 5.74) is 10.1. The SMILES string of the molecule is c1ccc(-c2ccccc2-c2ccccc2-c2nc(-c3ccc4c(c3)oc3ccccc34)nc(-c3cccc4c3oc3ccccc34)n2)cc1. The fourth-order valence-corrected chi connectivity index (χ4v) is 7.03. The van der Waals surface area contributed by atoms with Gasteiger partial charge in [0.15, 0.2) is 17.5 Å². The molecule has 7 aromatic carbocycles. The summed E-state index contributed by atoms with van der Waals surface area (Å²) in [4.78, 5) is 15.5. The number of nitrogens with zero attached hydrogens (tertiary/aromatic N) is 3. The molecule has 0 amide bonds. The topological polar surface area (TPSA) is 65.0 Å². The number of fused-ring (bicyclic) bond motifs is 6.